The van der Waals surface area contributed by atoms with Crippen LogP contribution in [0.1, 0.15) is 16.9 Å². The summed E-state index contributed by atoms with van der Waals surface area (Å²) in [5.41, 5.74) is 0.133. The lowest BCUT2D eigenvalue weighted by molar-refractivity contribution is -0.122. The van der Waals surface area contributed by atoms with E-state index >= 15 is 0 Å². The van der Waals surface area contributed by atoms with Crippen LogP contribution in [0.2, 0.25) is 0 Å². The molecule has 1 atom stereocenters. The van der Waals surface area contributed by atoms with Crippen molar-refractivity contribution in [1.29, 1.82) is 0 Å². The Morgan fingerprint density at radius 2 is 2.33 bits per heavy atom. The molecule has 1 aliphatic heterocycles. The summed E-state index contributed by atoms with van der Waals surface area (Å²) in [4.78, 5) is 24.9. The number of carboxylic acid groups (broad SMARTS) is 1. The lowest BCUT2D eigenvalue weighted by Crippen LogP contribution is -2.38. The first-order valence-electron chi connectivity index (χ1n) is 5.92. The van der Waals surface area contributed by atoms with Crippen LogP contribution in [-0.2, 0) is 11.3 Å². The zero-order chi connectivity index (χ0) is 13.1. The van der Waals surface area contributed by atoms with Crippen molar-refractivity contribution in [2.24, 2.45) is 0 Å². The van der Waals surface area contributed by atoms with Gasteiger partial charge in [-0.05, 0) is 32.1 Å². The molecule has 1 aromatic heterocycles. The monoisotopic (exact) mass is 251 g/mol. The lowest BCUT2D eigenvalue weighted by atomic mass is 10.2. The third-order valence-electron chi connectivity index (χ3n) is 3.12. The van der Waals surface area contributed by atoms with Gasteiger partial charge in [-0.2, -0.15) is 0 Å². The van der Waals surface area contributed by atoms with Gasteiger partial charge in [0.05, 0.1) is 0 Å². The molecule has 2 rings (SSSR count). The first-order valence-corrected chi connectivity index (χ1v) is 5.92. The number of carbonyl (C=O) groups is 2. The number of hydrogen-bond donors (Lipinski definition) is 2. The fourth-order valence-electron chi connectivity index (χ4n) is 2.23. The SMILES string of the molecule is CN1CCC(NC(=O)Cn2cccc2C(=O)O)C1. The molecule has 1 aliphatic rings. The van der Waals surface area contributed by atoms with Crippen LogP contribution in [0.25, 0.3) is 0 Å². The van der Waals surface area contributed by atoms with Crippen LogP contribution in [0.3, 0.4) is 0 Å². The van der Waals surface area contributed by atoms with Gasteiger partial charge in [0, 0.05) is 18.8 Å². The van der Waals surface area contributed by atoms with Crippen molar-refractivity contribution in [2.75, 3.05) is 20.1 Å². The van der Waals surface area contributed by atoms with Crippen molar-refractivity contribution in [1.82, 2.24) is 14.8 Å². The van der Waals surface area contributed by atoms with E-state index in [1.807, 2.05) is 7.05 Å². The third-order valence-corrected chi connectivity index (χ3v) is 3.12. The smallest absolute Gasteiger partial charge is 0.352 e. The molecule has 1 amide bonds. The molecular formula is C12H17N3O3. The fourth-order valence-corrected chi connectivity index (χ4v) is 2.23. The summed E-state index contributed by atoms with van der Waals surface area (Å²) in [7, 11) is 2.01. The Kier molecular flexibility index (Phi) is 3.66. The van der Waals surface area contributed by atoms with E-state index in [1.165, 1.54) is 10.6 Å². The van der Waals surface area contributed by atoms with Crippen molar-refractivity contribution >= 4 is 11.9 Å². The summed E-state index contributed by atoms with van der Waals surface area (Å²) in [6, 6.07) is 3.28. The second-order valence-electron chi connectivity index (χ2n) is 4.64. The maximum absolute atomic E-state index is 11.8. The molecule has 2 N–H and O–H groups in total. The summed E-state index contributed by atoms with van der Waals surface area (Å²) in [5, 5.41) is 11.8. The number of hydrogen-bond acceptors (Lipinski definition) is 3. The van der Waals surface area contributed by atoms with E-state index < -0.39 is 5.97 Å². The fraction of sp³-hybridized carbons (Fsp3) is 0.500. The molecule has 0 radical (unpaired) electrons. The number of nitrogens with zero attached hydrogens (tertiary/aromatic N) is 2. The number of carbonyl (C=O) groups excluding carboxylic acids is 1. The van der Waals surface area contributed by atoms with Crippen LogP contribution in [0.5, 0.6) is 0 Å². The van der Waals surface area contributed by atoms with E-state index in [9.17, 15) is 9.59 Å². The zero-order valence-electron chi connectivity index (χ0n) is 10.3. The number of amides is 1. The summed E-state index contributed by atoms with van der Waals surface area (Å²) in [6.45, 7) is 1.88. The number of likely N-dealkylation sites (N-methyl/N-ethyl adjacent to an activating group) is 1. The van der Waals surface area contributed by atoms with Gasteiger partial charge in [0.15, 0.2) is 0 Å². The molecule has 0 bridgehead atoms. The first kappa shape index (κ1) is 12.6. The second kappa shape index (κ2) is 5.22. The van der Waals surface area contributed by atoms with E-state index in [2.05, 4.69) is 10.2 Å². The summed E-state index contributed by atoms with van der Waals surface area (Å²) < 4.78 is 1.44. The highest BCUT2D eigenvalue weighted by molar-refractivity contribution is 5.86. The topological polar surface area (TPSA) is 74.6 Å². The quantitative estimate of drug-likeness (QED) is 0.790. The van der Waals surface area contributed by atoms with Crippen LogP contribution in [0.15, 0.2) is 18.3 Å². The molecule has 6 nitrogen and oxygen atoms in total. The van der Waals surface area contributed by atoms with Crippen molar-refractivity contribution in [3.63, 3.8) is 0 Å². The van der Waals surface area contributed by atoms with Crippen molar-refractivity contribution < 1.29 is 14.7 Å². The summed E-state index contributed by atoms with van der Waals surface area (Å²) in [5.74, 6) is -1.16. The summed E-state index contributed by atoms with van der Waals surface area (Å²) in [6.07, 6.45) is 2.55. The maximum Gasteiger partial charge on any atom is 0.352 e. The van der Waals surface area contributed by atoms with Gasteiger partial charge in [-0.1, -0.05) is 0 Å². The molecule has 0 saturated carbocycles. The Labute approximate surface area is 105 Å². The standard InChI is InChI=1S/C12H17N3O3/c1-14-6-4-9(7-14)13-11(16)8-15-5-2-3-10(15)12(17)18/h2-3,5,9H,4,6-8H2,1H3,(H,13,16)(H,17,18). The highest BCUT2D eigenvalue weighted by atomic mass is 16.4. The molecule has 0 aromatic carbocycles. The van der Waals surface area contributed by atoms with Crippen molar-refractivity contribution in [3.05, 3.63) is 24.0 Å². The predicted octanol–water partition coefficient (Wildman–Crippen LogP) is 0.00660. The highest BCUT2D eigenvalue weighted by Gasteiger charge is 2.21. The van der Waals surface area contributed by atoms with Crippen LogP contribution >= 0.6 is 0 Å². The van der Waals surface area contributed by atoms with Gasteiger partial charge in [-0.3, -0.25) is 4.79 Å². The third kappa shape index (κ3) is 2.89. The average Bonchev–Trinajstić information content (AvgIpc) is 2.87. The van der Waals surface area contributed by atoms with Gasteiger partial charge in [-0.15, -0.1) is 0 Å². The Bertz CT molecular complexity index is 455. The minimum atomic E-state index is -1.02. The van der Waals surface area contributed by atoms with Gasteiger partial charge < -0.3 is 19.9 Å². The molecule has 0 aliphatic carbocycles. The van der Waals surface area contributed by atoms with Crippen LogP contribution in [0.4, 0.5) is 0 Å². The minimum absolute atomic E-state index is 0.0504. The lowest BCUT2D eigenvalue weighted by Gasteiger charge is -2.13. The molecule has 18 heavy (non-hydrogen) atoms. The van der Waals surface area contributed by atoms with E-state index in [0.717, 1.165) is 19.5 Å². The second-order valence-corrected chi connectivity index (χ2v) is 4.64. The predicted molar refractivity (Wildman–Crippen MR) is 65.4 cm³/mol. The average molecular weight is 251 g/mol. The van der Waals surface area contributed by atoms with Gasteiger partial charge in [0.2, 0.25) is 5.91 Å². The molecular weight excluding hydrogens is 234 g/mol. The van der Waals surface area contributed by atoms with Crippen LogP contribution < -0.4 is 5.32 Å². The Morgan fingerprint density at radius 1 is 1.56 bits per heavy atom. The molecule has 1 unspecified atom stereocenters. The normalized spacial score (nSPS) is 19.9. The van der Waals surface area contributed by atoms with Gasteiger partial charge in [-0.25, -0.2) is 4.79 Å². The number of rotatable bonds is 4. The number of nitrogens with one attached hydrogen (secondary N) is 1. The Balaban J connectivity index is 1.91. The maximum atomic E-state index is 11.8. The van der Waals surface area contributed by atoms with E-state index in [0.29, 0.717) is 0 Å². The van der Waals surface area contributed by atoms with Gasteiger partial charge >= 0.3 is 5.97 Å². The number of aromatic carboxylic acids is 1. The minimum Gasteiger partial charge on any atom is -0.477 e. The molecule has 1 fully saturated rings. The molecule has 98 valence electrons. The highest BCUT2D eigenvalue weighted by Crippen LogP contribution is 2.07. The molecule has 0 spiro atoms. The number of likely N-dealkylation sites (tertiary alicyclic amines) is 1. The van der Waals surface area contributed by atoms with Crippen molar-refractivity contribution in [2.45, 2.75) is 19.0 Å². The van der Waals surface area contributed by atoms with E-state index in [4.69, 9.17) is 5.11 Å². The van der Waals surface area contributed by atoms with Crippen molar-refractivity contribution in [3.8, 4) is 0 Å². The Hall–Kier alpha value is -1.82. The van der Waals surface area contributed by atoms with Crippen LogP contribution in [-0.4, -0.2) is 52.6 Å². The Morgan fingerprint density at radius 3 is 2.94 bits per heavy atom. The molecule has 6 heteroatoms. The molecule has 1 saturated heterocycles. The number of carboxylic acids is 1. The van der Waals surface area contributed by atoms with Crippen LogP contribution in [0, 0.1) is 0 Å². The van der Waals surface area contributed by atoms with E-state index in [1.54, 1.807) is 12.3 Å². The molecule has 1 aromatic rings. The molecule has 2 heterocycles. The van der Waals surface area contributed by atoms with Gasteiger partial charge in [0.25, 0.3) is 0 Å². The van der Waals surface area contributed by atoms with Gasteiger partial charge in [0.1, 0.15) is 12.2 Å². The zero-order valence-corrected chi connectivity index (χ0v) is 10.3. The largest absolute Gasteiger partial charge is 0.477 e. The summed E-state index contributed by atoms with van der Waals surface area (Å²) >= 11 is 0. The first-order chi connectivity index (χ1) is 8.56. The van der Waals surface area contributed by atoms with E-state index in [-0.39, 0.29) is 24.2 Å². The number of aromatic nitrogens is 1.